The summed E-state index contributed by atoms with van der Waals surface area (Å²) in [6.45, 7) is 4.53. The minimum atomic E-state index is -0.125. The molecule has 3 N–H and O–H groups in total. The van der Waals surface area contributed by atoms with Crippen LogP contribution >= 0.6 is 0 Å². The van der Waals surface area contributed by atoms with Crippen molar-refractivity contribution in [1.82, 2.24) is 15.5 Å². The molecule has 1 aromatic carbocycles. The molecule has 24 heavy (non-hydrogen) atoms. The van der Waals surface area contributed by atoms with Crippen LogP contribution in [0.3, 0.4) is 0 Å². The summed E-state index contributed by atoms with van der Waals surface area (Å²) in [6, 6.07) is 8.90. The van der Waals surface area contributed by atoms with E-state index in [1.165, 1.54) is 11.1 Å². The summed E-state index contributed by atoms with van der Waals surface area (Å²) >= 11 is 0. The van der Waals surface area contributed by atoms with Gasteiger partial charge in [-0.3, -0.25) is 0 Å². The van der Waals surface area contributed by atoms with Crippen molar-refractivity contribution in [3.05, 3.63) is 35.4 Å². The molecular formula is C19H32N4O. The highest BCUT2D eigenvalue weighted by Gasteiger charge is 2.19. The third-order valence-corrected chi connectivity index (χ3v) is 4.39. The highest BCUT2D eigenvalue weighted by molar-refractivity contribution is 5.80. The van der Waals surface area contributed by atoms with E-state index in [-0.39, 0.29) is 6.10 Å². The standard InChI is InChI=1S/C19H32N4O/c1-4-20-19(22-17-9-11-18(24)12-10-17)21-13-15-7-5-6-8-16(15)14-23(2)3/h5-8,17-18,24H,4,9-14H2,1-3H3,(H2,20,21,22). The predicted octanol–water partition coefficient (Wildman–Crippen LogP) is 2.11. The van der Waals surface area contributed by atoms with Crippen LogP contribution < -0.4 is 10.6 Å². The Labute approximate surface area is 146 Å². The van der Waals surface area contributed by atoms with Crippen molar-refractivity contribution in [2.45, 2.75) is 57.8 Å². The number of hydrogen-bond acceptors (Lipinski definition) is 3. The van der Waals surface area contributed by atoms with Gasteiger partial charge in [-0.2, -0.15) is 0 Å². The molecule has 0 atom stereocenters. The third-order valence-electron chi connectivity index (χ3n) is 4.39. The van der Waals surface area contributed by atoms with E-state index >= 15 is 0 Å². The third kappa shape index (κ3) is 6.13. The van der Waals surface area contributed by atoms with E-state index in [9.17, 15) is 5.11 Å². The van der Waals surface area contributed by atoms with Crippen LogP contribution in [0.15, 0.2) is 29.3 Å². The van der Waals surface area contributed by atoms with Gasteiger partial charge in [0.15, 0.2) is 5.96 Å². The van der Waals surface area contributed by atoms with E-state index in [1.54, 1.807) is 0 Å². The average Bonchev–Trinajstić information content (AvgIpc) is 2.55. The summed E-state index contributed by atoms with van der Waals surface area (Å²) in [7, 11) is 4.17. The van der Waals surface area contributed by atoms with Gasteiger partial charge in [0.2, 0.25) is 0 Å². The second-order valence-corrected chi connectivity index (χ2v) is 6.85. The van der Waals surface area contributed by atoms with E-state index < -0.39 is 0 Å². The first-order valence-corrected chi connectivity index (χ1v) is 9.03. The molecule has 5 nitrogen and oxygen atoms in total. The molecule has 0 aliphatic heterocycles. The van der Waals surface area contributed by atoms with Crippen molar-refractivity contribution in [3.63, 3.8) is 0 Å². The smallest absolute Gasteiger partial charge is 0.191 e. The maximum absolute atomic E-state index is 9.64. The molecule has 1 aliphatic carbocycles. The molecule has 0 saturated heterocycles. The molecule has 0 radical (unpaired) electrons. The van der Waals surface area contributed by atoms with Gasteiger partial charge >= 0.3 is 0 Å². The number of aliphatic imine (C=N–C) groups is 1. The van der Waals surface area contributed by atoms with Gasteiger partial charge in [-0.05, 0) is 57.8 Å². The zero-order chi connectivity index (χ0) is 17.4. The normalized spacial score (nSPS) is 21.8. The Morgan fingerprint density at radius 2 is 1.83 bits per heavy atom. The van der Waals surface area contributed by atoms with Gasteiger partial charge in [0.1, 0.15) is 0 Å². The van der Waals surface area contributed by atoms with Gasteiger partial charge in [-0.1, -0.05) is 24.3 Å². The van der Waals surface area contributed by atoms with Gasteiger partial charge in [-0.15, -0.1) is 0 Å². The van der Waals surface area contributed by atoms with E-state index in [4.69, 9.17) is 4.99 Å². The van der Waals surface area contributed by atoms with Crippen LogP contribution in [0.1, 0.15) is 43.7 Å². The molecule has 2 rings (SSSR count). The molecular weight excluding hydrogens is 300 g/mol. The molecule has 1 fully saturated rings. The Morgan fingerprint density at radius 1 is 1.17 bits per heavy atom. The van der Waals surface area contributed by atoms with Crippen LogP contribution in [-0.4, -0.2) is 48.8 Å². The molecule has 0 unspecified atom stereocenters. The van der Waals surface area contributed by atoms with Crippen molar-refractivity contribution < 1.29 is 5.11 Å². The van der Waals surface area contributed by atoms with Crippen molar-refractivity contribution >= 4 is 5.96 Å². The van der Waals surface area contributed by atoms with Crippen LogP contribution in [0.4, 0.5) is 0 Å². The fraction of sp³-hybridized carbons (Fsp3) is 0.632. The molecule has 134 valence electrons. The molecule has 0 bridgehead atoms. The van der Waals surface area contributed by atoms with E-state index in [0.29, 0.717) is 12.6 Å². The quantitative estimate of drug-likeness (QED) is 0.552. The van der Waals surface area contributed by atoms with E-state index in [0.717, 1.165) is 44.7 Å². The van der Waals surface area contributed by atoms with Crippen molar-refractivity contribution in [1.29, 1.82) is 0 Å². The highest BCUT2D eigenvalue weighted by Crippen LogP contribution is 2.18. The summed E-state index contributed by atoms with van der Waals surface area (Å²) in [4.78, 5) is 6.96. The Kier molecular flexibility index (Phi) is 7.53. The first-order chi connectivity index (χ1) is 11.6. The largest absolute Gasteiger partial charge is 0.393 e. The number of rotatable bonds is 6. The minimum Gasteiger partial charge on any atom is -0.393 e. The molecule has 0 aromatic heterocycles. The summed E-state index contributed by atoms with van der Waals surface area (Å²) in [5.74, 6) is 0.874. The second-order valence-electron chi connectivity index (χ2n) is 6.85. The molecule has 0 heterocycles. The predicted molar refractivity (Wildman–Crippen MR) is 100 cm³/mol. The number of benzene rings is 1. The zero-order valence-corrected chi connectivity index (χ0v) is 15.3. The lowest BCUT2D eigenvalue weighted by Crippen LogP contribution is -2.45. The first kappa shape index (κ1) is 18.7. The fourth-order valence-corrected chi connectivity index (χ4v) is 3.10. The van der Waals surface area contributed by atoms with Crippen molar-refractivity contribution in [2.75, 3.05) is 20.6 Å². The van der Waals surface area contributed by atoms with Gasteiger partial charge in [-0.25, -0.2) is 4.99 Å². The van der Waals surface area contributed by atoms with E-state index in [1.807, 2.05) is 0 Å². The molecule has 1 saturated carbocycles. The van der Waals surface area contributed by atoms with Crippen molar-refractivity contribution in [2.24, 2.45) is 4.99 Å². The van der Waals surface area contributed by atoms with Crippen LogP contribution in [-0.2, 0) is 13.1 Å². The molecule has 0 spiro atoms. The Morgan fingerprint density at radius 3 is 2.46 bits per heavy atom. The summed E-state index contributed by atoms with van der Waals surface area (Å²) in [5.41, 5.74) is 2.59. The molecule has 1 aliphatic rings. The van der Waals surface area contributed by atoms with Crippen LogP contribution in [0.2, 0.25) is 0 Å². The highest BCUT2D eigenvalue weighted by atomic mass is 16.3. The number of aliphatic hydroxyl groups is 1. The average molecular weight is 332 g/mol. The van der Waals surface area contributed by atoms with Crippen LogP contribution in [0.5, 0.6) is 0 Å². The second kappa shape index (κ2) is 9.64. The molecule has 5 heteroatoms. The Hall–Kier alpha value is -1.59. The first-order valence-electron chi connectivity index (χ1n) is 9.03. The zero-order valence-electron chi connectivity index (χ0n) is 15.3. The molecule has 0 amide bonds. The number of nitrogens with zero attached hydrogens (tertiary/aromatic N) is 2. The fourth-order valence-electron chi connectivity index (χ4n) is 3.10. The lowest BCUT2D eigenvalue weighted by atomic mass is 9.93. The lowest BCUT2D eigenvalue weighted by molar-refractivity contribution is 0.120. The van der Waals surface area contributed by atoms with Gasteiger partial charge in [0.05, 0.1) is 12.6 Å². The summed E-state index contributed by atoms with van der Waals surface area (Å²) in [5, 5.41) is 16.5. The topological polar surface area (TPSA) is 59.9 Å². The van der Waals surface area contributed by atoms with E-state index in [2.05, 4.69) is 60.8 Å². The maximum Gasteiger partial charge on any atom is 0.191 e. The number of hydrogen-bond donors (Lipinski definition) is 3. The number of aliphatic hydroxyl groups excluding tert-OH is 1. The Bertz CT molecular complexity index is 522. The van der Waals surface area contributed by atoms with Crippen LogP contribution in [0.25, 0.3) is 0 Å². The van der Waals surface area contributed by atoms with Gasteiger partial charge < -0.3 is 20.6 Å². The Balaban J connectivity index is 2.00. The van der Waals surface area contributed by atoms with Gasteiger partial charge in [0.25, 0.3) is 0 Å². The SMILES string of the molecule is CCNC(=NCc1ccccc1CN(C)C)NC1CCC(O)CC1. The molecule has 1 aromatic rings. The monoisotopic (exact) mass is 332 g/mol. The number of nitrogens with one attached hydrogen (secondary N) is 2. The van der Waals surface area contributed by atoms with Crippen molar-refractivity contribution in [3.8, 4) is 0 Å². The maximum atomic E-state index is 9.64. The number of guanidine groups is 1. The summed E-state index contributed by atoms with van der Waals surface area (Å²) < 4.78 is 0. The van der Waals surface area contributed by atoms with Crippen LogP contribution in [0, 0.1) is 0 Å². The lowest BCUT2D eigenvalue weighted by Gasteiger charge is -2.27. The minimum absolute atomic E-state index is 0.125. The van der Waals surface area contributed by atoms with Gasteiger partial charge in [0, 0.05) is 19.1 Å². The summed E-state index contributed by atoms with van der Waals surface area (Å²) in [6.07, 6.45) is 3.64.